The molecule has 38 heavy (non-hydrogen) atoms. The molecule has 0 aliphatic carbocycles. The second-order valence-corrected chi connectivity index (χ2v) is 9.92. The van der Waals surface area contributed by atoms with Gasteiger partial charge in [-0.1, -0.05) is 55.5 Å². The van der Waals surface area contributed by atoms with E-state index in [9.17, 15) is 4.79 Å². The molecule has 6 nitrogen and oxygen atoms in total. The molecule has 1 amide bonds. The number of fused-ring (bicyclic) bond motifs is 2. The van der Waals surface area contributed by atoms with Gasteiger partial charge in [-0.3, -0.25) is 4.79 Å². The van der Waals surface area contributed by atoms with Crippen molar-refractivity contribution in [3.8, 4) is 22.5 Å². The van der Waals surface area contributed by atoms with Gasteiger partial charge in [0.2, 0.25) is 0 Å². The summed E-state index contributed by atoms with van der Waals surface area (Å²) >= 11 is 0. The zero-order valence-electron chi connectivity index (χ0n) is 21.7. The molecule has 188 valence electrons. The summed E-state index contributed by atoms with van der Waals surface area (Å²) in [7, 11) is 3.58. The number of hydrogen-bond donors (Lipinski definition) is 0. The molecule has 0 bridgehead atoms. The van der Waals surface area contributed by atoms with Crippen LogP contribution in [0.3, 0.4) is 0 Å². The molecule has 2 aromatic carbocycles. The first-order valence-electron chi connectivity index (χ1n) is 12.8. The fourth-order valence-corrected chi connectivity index (χ4v) is 5.21. The van der Waals surface area contributed by atoms with Crippen molar-refractivity contribution in [3.05, 3.63) is 120 Å². The van der Waals surface area contributed by atoms with Crippen molar-refractivity contribution in [1.82, 2.24) is 23.7 Å². The van der Waals surface area contributed by atoms with Crippen molar-refractivity contribution in [3.63, 3.8) is 0 Å². The average molecular weight is 500 g/mol. The summed E-state index contributed by atoms with van der Waals surface area (Å²) in [5.41, 5.74) is 8.54. The fourth-order valence-electron chi connectivity index (χ4n) is 5.21. The maximum Gasteiger partial charge on any atom is 0.254 e. The standard InChI is InChI=1S/C32H29N5O/c1-22(24-12-4-5-13-25(24)27-20-36-17-8-6-15-29(36)33-27)19-23-11-10-14-26(32(38)35(2)3)31(23)28-21-37-18-9-7-16-30(37)34-28/h4-18,20-22H,19H2,1-3H3. The number of rotatable bonds is 6. The number of benzene rings is 2. The first-order chi connectivity index (χ1) is 18.5. The Balaban J connectivity index is 1.44. The number of hydrogen-bond acceptors (Lipinski definition) is 3. The van der Waals surface area contributed by atoms with Crippen LogP contribution in [0, 0.1) is 0 Å². The summed E-state index contributed by atoms with van der Waals surface area (Å²) < 4.78 is 4.05. The molecular weight excluding hydrogens is 470 g/mol. The lowest BCUT2D eigenvalue weighted by Gasteiger charge is -2.20. The lowest BCUT2D eigenvalue weighted by atomic mass is 9.86. The van der Waals surface area contributed by atoms with Crippen LogP contribution in [-0.2, 0) is 6.42 Å². The normalized spacial score (nSPS) is 12.2. The third kappa shape index (κ3) is 4.24. The number of pyridine rings is 2. The molecule has 0 aliphatic heterocycles. The maximum absolute atomic E-state index is 13.3. The molecule has 4 heterocycles. The van der Waals surface area contributed by atoms with E-state index in [0.29, 0.717) is 5.56 Å². The van der Waals surface area contributed by atoms with E-state index in [1.807, 2.05) is 71.5 Å². The van der Waals surface area contributed by atoms with Crippen LogP contribution in [0.4, 0.5) is 0 Å². The summed E-state index contributed by atoms with van der Waals surface area (Å²) in [5, 5.41) is 0. The summed E-state index contributed by atoms with van der Waals surface area (Å²) in [5.74, 6) is 0.146. The summed E-state index contributed by atoms with van der Waals surface area (Å²) in [4.78, 5) is 24.7. The minimum Gasteiger partial charge on any atom is -0.345 e. The molecule has 1 atom stereocenters. The second kappa shape index (κ2) is 9.63. The van der Waals surface area contributed by atoms with Gasteiger partial charge in [-0.05, 0) is 53.8 Å². The van der Waals surface area contributed by atoms with Crippen LogP contribution in [-0.4, -0.2) is 43.7 Å². The highest BCUT2D eigenvalue weighted by Gasteiger charge is 2.22. The Morgan fingerprint density at radius 1 is 0.789 bits per heavy atom. The molecule has 1 unspecified atom stereocenters. The molecule has 0 saturated carbocycles. The van der Waals surface area contributed by atoms with E-state index in [4.69, 9.17) is 9.97 Å². The number of imidazole rings is 2. The van der Waals surface area contributed by atoms with Gasteiger partial charge in [-0.15, -0.1) is 0 Å². The van der Waals surface area contributed by atoms with Crippen LogP contribution in [0.1, 0.15) is 34.3 Å². The molecule has 0 aliphatic rings. The van der Waals surface area contributed by atoms with E-state index in [-0.39, 0.29) is 11.8 Å². The third-order valence-corrected chi connectivity index (χ3v) is 7.07. The first kappa shape index (κ1) is 23.7. The quantitative estimate of drug-likeness (QED) is 0.268. The van der Waals surface area contributed by atoms with Gasteiger partial charge >= 0.3 is 0 Å². The molecule has 0 N–H and O–H groups in total. The van der Waals surface area contributed by atoms with Gasteiger partial charge in [-0.2, -0.15) is 0 Å². The topological polar surface area (TPSA) is 54.9 Å². The zero-order chi connectivity index (χ0) is 26.2. The molecule has 0 fully saturated rings. The molecule has 0 radical (unpaired) electrons. The number of carbonyl (C=O) groups is 1. The third-order valence-electron chi connectivity index (χ3n) is 7.07. The first-order valence-corrected chi connectivity index (χ1v) is 12.8. The Bertz CT molecular complexity index is 1710. The maximum atomic E-state index is 13.3. The lowest BCUT2D eigenvalue weighted by molar-refractivity contribution is 0.0828. The molecule has 4 aromatic heterocycles. The Hall–Kier alpha value is -4.71. The van der Waals surface area contributed by atoms with E-state index in [1.165, 1.54) is 5.56 Å². The Morgan fingerprint density at radius 3 is 2.11 bits per heavy atom. The monoisotopic (exact) mass is 499 g/mol. The van der Waals surface area contributed by atoms with Crippen molar-refractivity contribution < 1.29 is 4.79 Å². The SMILES string of the molecule is CC(Cc1cccc(C(=O)N(C)C)c1-c1cn2ccccc2n1)c1ccccc1-c1cn2ccccc2n1. The Labute approximate surface area is 221 Å². The molecule has 0 saturated heterocycles. The predicted octanol–water partition coefficient (Wildman–Crippen LogP) is 6.36. The second-order valence-electron chi connectivity index (χ2n) is 9.92. The smallest absolute Gasteiger partial charge is 0.254 e. The largest absolute Gasteiger partial charge is 0.345 e. The minimum absolute atomic E-state index is 0.0309. The highest BCUT2D eigenvalue weighted by molar-refractivity contribution is 6.01. The lowest BCUT2D eigenvalue weighted by Crippen LogP contribution is -2.23. The van der Waals surface area contributed by atoms with Crippen molar-refractivity contribution in [1.29, 1.82) is 0 Å². The van der Waals surface area contributed by atoms with Crippen LogP contribution in [0.25, 0.3) is 33.8 Å². The predicted molar refractivity (Wildman–Crippen MR) is 151 cm³/mol. The summed E-state index contributed by atoms with van der Waals surface area (Å²) in [6.07, 6.45) is 8.85. The highest BCUT2D eigenvalue weighted by atomic mass is 16.2. The highest BCUT2D eigenvalue weighted by Crippen LogP contribution is 2.35. The number of amides is 1. The van der Waals surface area contributed by atoms with E-state index in [0.717, 1.165) is 45.8 Å². The Morgan fingerprint density at radius 2 is 1.42 bits per heavy atom. The van der Waals surface area contributed by atoms with E-state index in [2.05, 4.69) is 47.9 Å². The summed E-state index contributed by atoms with van der Waals surface area (Å²) in [6, 6.07) is 26.4. The molecular formula is C32H29N5O. The van der Waals surface area contributed by atoms with Crippen molar-refractivity contribution in [2.75, 3.05) is 14.1 Å². The molecule has 0 spiro atoms. The van der Waals surface area contributed by atoms with Crippen molar-refractivity contribution >= 4 is 17.2 Å². The summed E-state index contributed by atoms with van der Waals surface area (Å²) in [6.45, 7) is 2.24. The van der Waals surface area contributed by atoms with Crippen LogP contribution in [0.5, 0.6) is 0 Å². The zero-order valence-corrected chi connectivity index (χ0v) is 21.7. The van der Waals surface area contributed by atoms with Gasteiger partial charge in [0.15, 0.2) is 0 Å². The minimum atomic E-state index is -0.0309. The average Bonchev–Trinajstić information content (AvgIpc) is 3.56. The fraction of sp³-hybridized carbons (Fsp3) is 0.156. The Kier molecular flexibility index (Phi) is 6.00. The van der Waals surface area contributed by atoms with Crippen LogP contribution < -0.4 is 0 Å². The van der Waals surface area contributed by atoms with Gasteiger partial charge in [0.05, 0.1) is 11.4 Å². The number of carbonyl (C=O) groups excluding carboxylic acids is 1. The van der Waals surface area contributed by atoms with Gasteiger partial charge in [0.25, 0.3) is 5.91 Å². The molecule has 6 heteroatoms. The van der Waals surface area contributed by atoms with Gasteiger partial charge in [0, 0.05) is 55.6 Å². The van der Waals surface area contributed by atoms with E-state index < -0.39 is 0 Å². The van der Waals surface area contributed by atoms with Gasteiger partial charge in [-0.25, -0.2) is 9.97 Å². The van der Waals surface area contributed by atoms with Crippen LogP contribution in [0.15, 0.2) is 104 Å². The van der Waals surface area contributed by atoms with Gasteiger partial charge < -0.3 is 13.7 Å². The molecule has 6 rings (SSSR count). The van der Waals surface area contributed by atoms with Gasteiger partial charge in [0.1, 0.15) is 11.3 Å². The van der Waals surface area contributed by atoms with Crippen molar-refractivity contribution in [2.45, 2.75) is 19.3 Å². The van der Waals surface area contributed by atoms with Crippen LogP contribution >= 0.6 is 0 Å². The van der Waals surface area contributed by atoms with E-state index in [1.54, 1.807) is 19.0 Å². The molecule has 6 aromatic rings. The van der Waals surface area contributed by atoms with E-state index >= 15 is 0 Å². The van der Waals surface area contributed by atoms with Crippen LogP contribution in [0.2, 0.25) is 0 Å². The number of nitrogens with zero attached hydrogens (tertiary/aromatic N) is 5. The van der Waals surface area contributed by atoms with Crippen molar-refractivity contribution in [2.24, 2.45) is 0 Å². The number of aromatic nitrogens is 4.